The van der Waals surface area contributed by atoms with Gasteiger partial charge in [0.15, 0.2) is 0 Å². The van der Waals surface area contributed by atoms with Gasteiger partial charge in [-0.3, -0.25) is 19.9 Å². The van der Waals surface area contributed by atoms with Crippen molar-refractivity contribution in [2.24, 2.45) is 11.7 Å². The normalized spacial score (nSPS) is 19.3. The minimum atomic E-state index is -4.91. The number of carbonyl (C=O) groups excluding carboxylic acids is 1. The summed E-state index contributed by atoms with van der Waals surface area (Å²) in [4.78, 5) is 19.6. The molecule has 43 heavy (non-hydrogen) atoms. The number of carbonyl (C=O) groups is 1. The lowest BCUT2D eigenvalue weighted by molar-refractivity contribution is -0.143. The van der Waals surface area contributed by atoms with Crippen LogP contribution < -0.4 is 11.1 Å². The number of benzene rings is 2. The van der Waals surface area contributed by atoms with Crippen LogP contribution in [0.3, 0.4) is 0 Å². The van der Waals surface area contributed by atoms with Gasteiger partial charge < -0.3 is 10.6 Å². The maximum atomic E-state index is 13.9. The highest BCUT2D eigenvalue weighted by atomic mass is 19.4. The van der Waals surface area contributed by atoms with Gasteiger partial charge in [0, 0.05) is 46.3 Å². The number of likely N-dealkylation sites (N-methyl/N-ethyl adjacent to an activating group) is 1. The van der Waals surface area contributed by atoms with Gasteiger partial charge in [0.1, 0.15) is 6.29 Å². The quantitative estimate of drug-likeness (QED) is 0.281. The van der Waals surface area contributed by atoms with Gasteiger partial charge in [0.05, 0.1) is 17.2 Å². The number of hydrogen-bond donors (Lipinski definition) is 2. The van der Waals surface area contributed by atoms with Gasteiger partial charge in [-0.1, -0.05) is 49.6 Å². The number of amides is 1. The predicted octanol–water partition coefficient (Wildman–Crippen LogP) is 5.32. The van der Waals surface area contributed by atoms with E-state index >= 15 is 0 Å². The van der Waals surface area contributed by atoms with Crippen molar-refractivity contribution in [3.63, 3.8) is 0 Å². The molecule has 2 unspecified atom stereocenters. The lowest BCUT2D eigenvalue weighted by Crippen LogP contribution is -2.62. The first kappa shape index (κ1) is 33.2. The standard InChI is InChI=1S/C31H41F6N5O/c1-40(13-12-23-18-25(30(32,33)34)20-26(19-23)31(35,36)37)28(43)27(24-10-6-3-7-11-24)41-14-16-42(17-15-41)29(38)39-21-22-8-4-2-5-9-22/h2,4-5,8-9,18-20,24,27,29,39H,3,6-7,10-17,21,38H2,1H3. The molecule has 1 aliphatic carbocycles. The summed E-state index contributed by atoms with van der Waals surface area (Å²) in [6.45, 7) is 3.22. The lowest BCUT2D eigenvalue weighted by atomic mass is 9.82. The maximum absolute atomic E-state index is 13.9. The first-order chi connectivity index (χ1) is 20.3. The number of nitrogens with zero attached hydrogens (tertiary/aromatic N) is 3. The highest BCUT2D eigenvalue weighted by Gasteiger charge is 2.39. The second-order valence-electron chi connectivity index (χ2n) is 11.7. The number of halogens is 6. The van der Waals surface area contributed by atoms with Gasteiger partial charge in [0.2, 0.25) is 5.91 Å². The molecule has 3 N–H and O–H groups in total. The molecule has 1 heterocycles. The molecule has 238 valence electrons. The fourth-order valence-electron chi connectivity index (χ4n) is 6.14. The Bertz CT molecular complexity index is 1150. The van der Waals surface area contributed by atoms with Gasteiger partial charge >= 0.3 is 12.4 Å². The monoisotopic (exact) mass is 613 g/mol. The second kappa shape index (κ2) is 14.4. The molecule has 12 heteroatoms. The fraction of sp³-hybridized carbons (Fsp3) is 0.581. The Kier molecular flexibility index (Phi) is 11.1. The van der Waals surface area contributed by atoms with Crippen LogP contribution in [0.2, 0.25) is 0 Å². The van der Waals surface area contributed by atoms with Gasteiger partial charge in [-0.25, -0.2) is 0 Å². The van der Waals surface area contributed by atoms with E-state index in [1.54, 1.807) is 7.05 Å². The van der Waals surface area contributed by atoms with Crippen molar-refractivity contribution in [3.8, 4) is 0 Å². The average molecular weight is 614 g/mol. The molecule has 2 aromatic rings. The van der Waals surface area contributed by atoms with E-state index < -0.39 is 29.5 Å². The van der Waals surface area contributed by atoms with Crippen LogP contribution in [0.4, 0.5) is 26.3 Å². The SMILES string of the molecule is CN(CCc1cc(C(F)(F)F)cc(C(F)(F)F)c1)C(=O)C(C1CCCCC1)N1CCN(C(N)NCc2ccccc2)CC1. The Balaban J connectivity index is 1.40. The Morgan fingerprint density at radius 1 is 0.884 bits per heavy atom. The molecular formula is C31H41F6N5O. The number of nitrogens with one attached hydrogen (secondary N) is 1. The van der Waals surface area contributed by atoms with Crippen LogP contribution in [0.1, 0.15) is 54.4 Å². The zero-order chi connectivity index (χ0) is 31.2. The van der Waals surface area contributed by atoms with E-state index in [1.807, 2.05) is 30.3 Å². The molecule has 1 saturated heterocycles. The van der Waals surface area contributed by atoms with E-state index in [0.717, 1.165) is 49.8 Å². The minimum Gasteiger partial charge on any atom is -0.344 e. The summed E-state index contributed by atoms with van der Waals surface area (Å²) in [5, 5.41) is 3.34. The number of alkyl halides is 6. The van der Waals surface area contributed by atoms with E-state index in [0.29, 0.717) is 32.7 Å². The topological polar surface area (TPSA) is 64.8 Å². The molecule has 0 aromatic heterocycles. The van der Waals surface area contributed by atoms with E-state index in [4.69, 9.17) is 5.73 Å². The maximum Gasteiger partial charge on any atom is 0.416 e. The van der Waals surface area contributed by atoms with Gasteiger partial charge in [0.25, 0.3) is 0 Å². The van der Waals surface area contributed by atoms with Crippen LogP contribution >= 0.6 is 0 Å². The van der Waals surface area contributed by atoms with Crippen molar-refractivity contribution in [2.75, 3.05) is 39.8 Å². The van der Waals surface area contributed by atoms with Crippen LogP contribution in [0.25, 0.3) is 0 Å². The second-order valence-corrected chi connectivity index (χ2v) is 11.7. The largest absolute Gasteiger partial charge is 0.416 e. The van der Waals surface area contributed by atoms with Crippen molar-refractivity contribution in [1.82, 2.24) is 20.0 Å². The Morgan fingerprint density at radius 3 is 2.00 bits per heavy atom. The molecule has 4 rings (SSSR count). The molecule has 0 spiro atoms. The number of hydrogen-bond acceptors (Lipinski definition) is 5. The summed E-state index contributed by atoms with van der Waals surface area (Å²) in [6.07, 6.45) is -5.31. The highest BCUT2D eigenvalue weighted by Crippen LogP contribution is 2.36. The minimum absolute atomic E-state index is 0.00884. The molecule has 2 atom stereocenters. The van der Waals surface area contributed by atoms with Crippen molar-refractivity contribution < 1.29 is 31.1 Å². The van der Waals surface area contributed by atoms with Crippen molar-refractivity contribution in [1.29, 1.82) is 0 Å². The van der Waals surface area contributed by atoms with E-state index in [-0.39, 0.29) is 42.7 Å². The summed E-state index contributed by atoms with van der Waals surface area (Å²) in [6, 6.07) is 11.2. The van der Waals surface area contributed by atoms with Crippen LogP contribution in [0, 0.1) is 5.92 Å². The van der Waals surface area contributed by atoms with Crippen LogP contribution in [0.5, 0.6) is 0 Å². The average Bonchev–Trinajstić information content (AvgIpc) is 2.99. The zero-order valence-electron chi connectivity index (χ0n) is 24.4. The molecule has 1 amide bonds. The molecule has 1 saturated carbocycles. The molecule has 2 aromatic carbocycles. The molecule has 2 aliphatic rings. The Morgan fingerprint density at radius 2 is 1.44 bits per heavy atom. The number of rotatable bonds is 10. The number of piperazine rings is 1. The van der Waals surface area contributed by atoms with Crippen molar-refractivity contribution in [2.45, 2.75) is 69.8 Å². The van der Waals surface area contributed by atoms with Crippen molar-refractivity contribution in [3.05, 3.63) is 70.8 Å². The third-order valence-electron chi connectivity index (χ3n) is 8.60. The summed E-state index contributed by atoms with van der Waals surface area (Å²) in [5.74, 6) is 0.000361. The molecule has 6 nitrogen and oxygen atoms in total. The smallest absolute Gasteiger partial charge is 0.344 e. The number of nitrogens with two attached hydrogens (primary N) is 1. The molecule has 1 aliphatic heterocycles. The molecule has 0 bridgehead atoms. The zero-order valence-corrected chi connectivity index (χ0v) is 24.4. The summed E-state index contributed by atoms with van der Waals surface area (Å²) < 4.78 is 80.0. The van der Waals surface area contributed by atoms with Crippen LogP contribution in [0.15, 0.2) is 48.5 Å². The van der Waals surface area contributed by atoms with Crippen LogP contribution in [-0.2, 0) is 30.1 Å². The van der Waals surface area contributed by atoms with Gasteiger partial charge in [-0.15, -0.1) is 0 Å². The van der Waals surface area contributed by atoms with Gasteiger partial charge in [-0.05, 0) is 54.5 Å². The highest BCUT2D eigenvalue weighted by molar-refractivity contribution is 5.82. The third-order valence-corrected chi connectivity index (χ3v) is 8.60. The Hall–Kier alpha value is -2.67. The summed E-state index contributed by atoms with van der Waals surface area (Å²) in [7, 11) is 1.58. The van der Waals surface area contributed by atoms with Crippen LogP contribution in [-0.4, -0.2) is 72.7 Å². The third kappa shape index (κ3) is 9.17. The lowest BCUT2D eigenvalue weighted by Gasteiger charge is -2.44. The first-order valence-corrected chi connectivity index (χ1v) is 14.9. The van der Waals surface area contributed by atoms with E-state index in [1.165, 1.54) is 4.90 Å². The fourth-order valence-corrected chi connectivity index (χ4v) is 6.14. The van der Waals surface area contributed by atoms with Gasteiger partial charge in [-0.2, -0.15) is 26.3 Å². The summed E-state index contributed by atoms with van der Waals surface area (Å²) >= 11 is 0. The molecular weight excluding hydrogens is 572 g/mol. The van der Waals surface area contributed by atoms with E-state index in [2.05, 4.69) is 15.1 Å². The van der Waals surface area contributed by atoms with Crippen molar-refractivity contribution >= 4 is 5.91 Å². The Labute approximate surface area is 249 Å². The summed E-state index contributed by atoms with van der Waals surface area (Å²) in [5.41, 5.74) is 4.74. The first-order valence-electron chi connectivity index (χ1n) is 14.9. The molecule has 2 fully saturated rings. The van der Waals surface area contributed by atoms with E-state index in [9.17, 15) is 31.1 Å². The predicted molar refractivity (Wildman–Crippen MR) is 153 cm³/mol. The molecule has 0 radical (unpaired) electrons.